The van der Waals surface area contributed by atoms with Crippen LogP contribution in [0.3, 0.4) is 0 Å². The van der Waals surface area contributed by atoms with Crippen LogP contribution in [0.2, 0.25) is 0 Å². The number of rotatable bonds is 4. The van der Waals surface area contributed by atoms with E-state index in [1.165, 1.54) is 6.21 Å². The number of hydrazone groups is 1. The van der Waals surface area contributed by atoms with Gasteiger partial charge in [-0.3, -0.25) is 9.59 Å². The molecule has 3 rings (SSSR count). The smallest absolute Gasteiger partial charge is 0.329 e. The fourth-order valence-corrected chi connectivity index (χ4v) is 2.82. The minimum Gasteiger partial charge on any atom is -0.497 e. The van der Waals surface area contributed by atoms with Gasteiger partial charge >= 0.3 is 11.8 Å². The van der Waals surface area contributed by atoms with Gasteiger partial charge in [0.2, 0.25) is 0 Å². The topological polar surface area (TPSA) is 79.8 Å². The summed E-state index contributed by atoms with van der Waals surface area (Å²) in [6.07, 6.45) is 1.43. The molecule has 0 unspecified atom stereocenters. The SMILES string of the molecule is COc1ccc(Br)c(/C=N/NC(=O)C(=O)Nc2cccc3ccccc23)c1. The molecule has 7 heteroatoms. The van der Waals surface area contributed by atoms with E-state index in [2.05, 4.69) is 31.8 Å². The maximum atomic E-state index is 12.1. The van der Waals surface area contributed by atoms with Crippen LogP contribution in [0, 0.1) is 0 Å². The molecule has 6 nitrogen and oxygen atoms in total. The number of hydrogen-bond acceptors (Lipinski definition) is 4. The Morgan fingerprint density at radius 2 is 1.81 bits per heavy atom. The lowest BCUT2D eigenvalue weighted by Crippen LogP contribution is -2.32. The van der Waals surface area contributed by atoms with E-state index in [9.17, 15) is 9.59 Å². The first-order valence-electron chi connectivity index (χ1n) is 8.04. The second-order valence-electron chi connectivity index (χ2n) is 5.57. The predicted molar refractivity (Wildman–Crippen MR) is 109 cm³/mol. The van der Waals surface area contributed by atoms with Crippen molar-refractivity contribution in [1.82, 2.24) is 5.43 Å². The molecular formula is C20H16BrN3O3. The number of fused-ring (bicyclic) bond motifs is 1. The molecule has 0 saturated carbocycles. The Balaban J connectivity index is 1.67. The number of methoxy groups -OCH3 is 1. The monoisotopic (exact) mass is 425 g/mol. The van der Waals surface area contributed by atoms with E-state index in [4.69, 9.17) is 4.74 Å². The van der Waals surface area contributed by atoms with Gasteiger partial charge in [0.15, 0.2) is 0 Å². The Morgan fingerprint density at radius 1 is 1.04 bits per heavy atom. The number of benzene rings is 3. The Morgan fingerprint density at radius 3 is 2.63 bits per heavy atom. The number of carbonyl (C=O) groups is 2. The first-order chi connectivity index (χ1) is 13.1. The average molecular weight is 426 g/mol. The maximum Gasteiger partial charge on any atom is 0.329 e. The molecule has 0 radical (unpaired) electrons. The van der Waals surface area contributed by atoms with E-state index in [0.29, 0.717) is 17.0 Å². The van der Waals surface area contributed by atoms with E-state index in [0.717, 1.165) is 15.2 Å². The molecule has 27 heavy (non-hydrogen) atoms. The normalized spacial score (nSPS) is 10.7. The van der Waals surface area contributed by atoms with Crippen molar-refractivity contribution in [3.63, 3.8) is 0 Å². The van der Waals surface area contributed by atoms with Crippen LogP contribution in [-0.2, 0) is 9.59 Å². The maximum absolute atomic E-state index is 12.1. The lowest BCUT2D eigenvalue weighted by Gasteiger charge is -2.07. The largest absolute Gasteiger partial charge is 0.497 e. The van der Waals surface area contributed by atoms with Crippen LogP contribution in [0.25, 0.3) is 10.8 Å². The molecule has 0 bridgehead atoms. The summed E-state index contributed by atoms with van der Waals surface area (Å²) in [5.41, 5.74) is 3.48. The van der Waals surface area contributed by atoms with Crippen molar-refractivity contribution in [2.75, 3.05) is 12.4 Å². The van der Waals surface area contributed by atoms with E-state index in [-0.39, 0.29) is 0 Å². The number of anilines is 1. The molecule has 0 aliphatic rings. The number of halogens is 1. The van der Waals surface area contributed by atoms with Crippen molar-refractivity contribution in [3.8, 4) is 5.75 Å². The molecule has 0 aromatic heterocycles. The molecule has 136 valence electrons. The zero-order valence-electron chi connectivity index (χ0n) is 14.4. The van der Waals surface area contributed by atoms with Crippen molar-refractivity contribution < 1.29 is 14.3 Å². The molecule has 3 aromatic carbocycles. The van der Waals surface area contributed by atoms with Crippen molar-refractivity contribution in [3.05, 3.63) is 70.7 Å². The first-order valence-corrected chi connectivity index (χ1v) is 8.83. The van der Waals surface area contributed by atoms with Gasteiger partial charge in [-0.05, 0) is 29.7 Å². The fourth-order valence-electron chi connectivity index (χ4n) is 2.47. The zero-order chi connectivity index (χ0) is 19.2. The van der Waals surface area contributed by atoms with Gasteiger partial charge in [-0.2, -0.15) is 5.10 Å². The van der Waals surface area contributed by atoms with Gasteiger partial charge in [0.05, 0.1) is 13.3 Å². The zero-order valence-corrected chi connectivity index (χ0v) is 16.0. The van der Waals surface area contributed by atoms with Gasteiger partial charge in [-0.15, -0.1) is 0 Å². The van der Waals surface area contributed by atoms with Gasteiger partial charge in [-0.25, -0.2) is 5.43 Å². The van der Waals surface area contributed by atoms with E-state index < -0.39 is 11.8 Å². The predicted octanol–water partition coefficient (Wildman–Crippen LogP) is 3.70. The number of hydrogen-bond donors (Lipinski definition) is 2. The van der Waals surface area contributed by atoms with Crippen LogP contribution in [0.5, 0.6) is 5.75 Å². The number of nitrogens with zero attached hydrogens (tertiary/aromatic N) is 1. The van der Waals surface area contributed by atoms with Crippen molar-refractivity contribution >= 4 is 50.4 Å². The summed E-state index contributed by atoms with van der Waals surface area (Å²) < 4.78 is 5.92. The quantitative estimate of drug-likeness (QED) is 0.379. The first kappa shape index (κ1) is 18.6. The number of amides is 2. The Labute approximate surface area is 164 Å². The van der Waals surface area contributed by atoms with Crippen LogP contribution >= 0.6 is 15.9 Å². The van der Waals surface area contributed by atoms with Gasteiger partial charge in [0.1, 0.15) is 5.75 Å². The lowest BCUT2D eigenvalue weighted by molar-refractivity contribution is -0.136. The Kier molecular flexibility index (Phi) is 5.83. The molecule has 3 aromatic rings. The summed E-state index contributed by atoms with van der Waals surface area (Å²) in [5.74, 6) is -1.01. The van der Waals surface area contributed by atoms with Crippen molar-refractivity contribution in [1.29, 1.82) is 0 Å². The van der Waals surface area contributed by atoms with Crippen LogP contribution in [0.1, 0.15) is 5.56 Å². The molecule has 0 heterocycles. The average Bonchev–Trinajstić information content (AvgIpc) is 2.69. The lowest BCUT2D eigenvalue weighted by atomic mass is 10.1. The highest BCUT2D eigenvalue weighted by atomic mass is 79.9. The summed E-state index contributed by atoms with van der Waals surface area (Å²) >= 11 is 3.38. The molecule has 0 saturated heterocycles. The van der Waals surface area contributed by atoms with Gasteiger partial charge in [0.25, 0.3) is 0 Å². The molecule has 0 fully saturated rings. The van der Waals surface area contributed by atoms with E-state index in [1.807, 2.05) is 36.4 Å². The molecule has 0 spiro atoms. The highest BCUT2D eigenvalue weighted by Gasteiger charge is 2.14. The Hall–Kier alpha value is -3.19. The minimum absolute atomic E-state index is 0.563. The van der Waals surface area contributed by atoms with Crippen LogP contribution in [0.4, 0.5) is 5.69 Å². The van der Waals surface area contributed by atoms with Gasteiger partial charge in [0, 0.05) is 21.1 Å². The summed E-state index contributed by atoms with van der Waals surface area (Å²) in [6, 6.07) is 18.4. The van der Waals surface area contributed by atoms with E-state index in [1.54, 1.807) is 31.4 Å². The number of ether oxygens (including phenoxy) is 1. The Bertz CT molecular complexity index is 1030. The third kappa shape index (κ3) is 4.51. The second kappa shape index (κ2) is 8.46. The highest BCUT2D eigenvalue weighted by molar-refractivity contribution is 9.10. The fraction of sp³-hybridized carbons (Fsp3) is 0.0500. The van der Waals surface area contributed by atoms with Crippen LogP contribution in [0.15, 0.2) is 70.2 Å². The van der Waals surface area contributed by atoms with Crippen LogP contribution < -0.4 is 15.5 Å². The molecule has 2 amide bonds. The summed E-state index contributed by atoms with van der Waals surface area (Å²) in [7, 11) is 1.56. The van der Waals surface area contributed by atoms with Gasteiger partial charge < -0.3 is 10.1 Å². The van der Waals surface area contributed by atoms with Crippen molar-refractivity contribution in [2.45, 2.75) is 0 Å². The molecule has 2 N–H and O–H groups in total. The molecule has 0 atom stereocenters. The summed E-state index contributed by atoms with van der Waals surface area (Å²) in [5, 5.41) is 8.26. The second-order valence-corrected chi connectivity index (χ2v) is 6.42. The minimum atomic E-state index is -0.863. The number of carbonyl (C=O) groups excluding carboxylic acids is 2. The molecular weight excluding hydrogens is 410 g/mol. The van der Waals surface area contributed by atoms with Gasteiger partial charge in [-0.1, -0.05) is 52.3 Å². The van der Waals surface area contributed by atoms with Crippen molar-refractivity contribution in [2.24, 2.45) is 5.10 Å². The van der Waals surface area contributed by atoms with E-state index >= 15 is 0 Å². The van der Waals surface area contributed by atoms with Crippen LogP contribution in [-0.4, -0.2) is 25.1 Å². The summed E-state index contributed by atoms with van der Waals surface area (Å²) in [4.78, 5) is 24.1. The molecule has 0 aliphatic carbocycles. The standard InChI is InChI=1S/C20H16BrN3O3/c1-27-15-9-10-17(21)14(11-15)12-22-24-20(26)19(25)23-18-8-4-6-13-5-2-3-7-16(13)18/h2-12H,1H3,(H,23,25)(H,24,26)/b22-12+. The third-order valence-electron chi connectivity index (χ3n) is 3.82. The molecule has 0 aliphatic heterocycles. The highest BCUT2D eigenvalue weighted by Crippen LogP contribution is 2.23. The summed E-state index contributed by atoms with van der Waals surface area (Å²) in [6.45, 7) is 0. The number of nitrogens with one attached hydrogen (secondary N) is 2. The third-order valence-corrected chi connectivity index (χ3v) is 4.54.